The van der Waals surface area contributed by atoms with Crippen LogP contribution in [0.25, 0.3) is 6.08 Å². The van der Waals surface area contributed by atoms with E-state index in [1.54, 1.807) is 36.3 Å². The molecule has 0 bridgehead atoms. The molecular formula is C19H17F4N3. The van der Waals surface area contributed by atoms with E-state index in [0.29, 0.717) is 5.56 Å². The van der Waals surface area contributed by atoms with Crippen LogP contribution in [0.5, 0.6) is 0 Å². The molecule has 136 valence electrons. The first-order chi connectivity index (χ1) is 12.3. The average molecular weight is 363 g/mol. The van der Waals surface area contributed by atoms with E-state index >= 15 is 0 Å². The van der Waals surface area contributed by atoms with Gasteiger partial charge in [-0.2, -0.15) is 18.3 Å². The number of hydrazone groups is 1. The topological polar surface area (TPSA) is 28.0 Å². The van der Waals surface area contributed by atoms with Crippen LogP contribution in [0.1, 0.15) is 17.0 Å². The van der Waals surface area contributed by atoms with E-state index in [4.69, 9.17) is 0 Å². The van der Waals surface area contributed by atoms with Gasteiger partial charge < -0.3 is 0 Å². The summed E-state index contributed by atoms with van der Waals surface area (Å²) in [5.74, 6) is -2.39. The lowest BCUT2D eigenvalue weighted by Gasteiger charge is -2.17. The van der Waals surface area contributed by atoms with E-state index in [0.717, 1.165) is 36.0 Å². The number of benzene rings is 2. The highest BCUT2D eigenvalue weighted by Crippen LogP contribution is 2.36. The zero-order valence-electron chi connectivity index (χ0n) is 14.0. The van der Waals surface area contributed by atoms with E-state index in [2.05, 4.69) is 16.8 Å². The SMILES string of the molecule is C=N/C=N\N(C)c1ccc(/C=C/C(c2ccc(F)cc2)C(F)(F)F)cc1. The fourth-order valence-electron chi connectivity index (χ4n) is 2.27. The molecule has 0 amide bonds. The van der Waals surface area contributed by atoms with Gasteiger partial charge in [0.15, 0.2) is 0 Å². The minimum Gasteiger partial charge on any atom is -0.267 e. The van der Waals surface area contributed by atoms with Gasteiger partial charge in [-0.15, -0.1) is 0 Å². The minimum absolute atomic E-state index is 0.0160. The van der Waals surface area contributed by atoms with Crippen LogP contribution in [0.2, 0.25) is 0 Å². The van der Waals surface area contributed by atoms with Crippen LogP contribution in [0.15, 0.2) is 64.7 Å². The van der Waals surface area contributed by atoms with Crippen molar-refractivity contribution in [3.8, 4) is 0 Å². The zero-order valence-corrected chi connectivity index (χ0v) is 14.0. The second kappa shape index (κ2) is 8.42. The number of aliphatic imine (C=N–C) groups is 1. The standard InChI is InChI=1S/C19H17F4N3/c1-24-13-25-26(2)17-10-3-14(4-11-17)5-12-18(19(21,22)23)15-6-8-16(20)9-7-15/h3-13,18H,1H2,2H3/b12-5+,25-13-. The molecule has 1 atom stereocenters. The molecule has 0 aliphatic carbocycles. The van der Waals surface area contributed by atoms with Gasteiger partial charge in [-0.1, -0.05) is 36.4 Å². The Morgan fingerprint density at radius 1 is 1.04 bits per heavy atom. The minimum atomic E-state index is -4.47. The van der Waals surface area contributed by atoms with Gasteiger partial charge in [0.1, 0.15) is 12.2 Å². The Hall–Kier alpha value is -2.96. The highest BCUT2D eigenvalue weighted by atomic mass is 19.4. The Labute approximate surface area is 149 Å². The van der Waals surface area contributed by atoms with E-state index in [9.17, 15) is 17.6 Å². The van der Waals surface area contributed by atoms with Gasteiger partial charge in [0.25, 0.3) is 0 Å². The van der Waals surface area contributed by atoms with Crippen molar-refractivity contribution >= 4 is 24.8 Å². The largest absolute Gasteiger partial charge is 0.399 e. The van der Waals surface area contributed by atoms with Gasteiger partial charge in [-0.05, 0) is 42.1 Å². The van der Waals surface area contributed by atoms with Crippen LogP contribution >= 0.6 is 0 Å². The van der Waals surface area contributed by atoms with Crippen LogP contribution in [0.4, 0.5) is 23.2 Å². The zero-order chi connectivity index (χ0) is 19.2. The average Bonchev–Trinajstić information content (AvgIpc) is 2.61. The summed E-state index contributed by atoms with van der Waals surface area (Å²) in [6, 6.07) is 11.1. The molecule has 1 unspecified atom stereocenters. The molecule has 2 aromatic carbocycles. The van der Waals surface area contributed by atoms with Crippen molar-refractivity contribution in [1.29, 1.82) is 0 Å². The number of nitrogens with zero attached hydrogens (tertiary/aromatic N) is 3. The first kappa shape index (κ1) is 19.4. The molecule has 0 aliphatic heterocycles. The molecule has 0 saturated heterocycles. The van der Waals surface area contributed by atoms with Crippen molar-refractivity contribution in [2.75, 3.05) is 12.1 Å². The maximum atomic E-state index is 13.3. The Morgan fingerprint density at radius 2 is 1.65 bits per heavy atom. The molecule has 0 aromatic heterocycles. The number of anilines is 1. The molecule has 0 radical (unpaired) electrons. The van der Waals surface area contributed by atoms with Gasteiger partial charge >= 0.3 is 6.18 Å². The summed E-state index contributed by atoms with van der Waals surface area (Å²) in [4.78, 5) is 3.50. The van der Waals surface area contributed by atoms with E-state index in [-0.39, 0.29) is 5.56 Å². The molecule has 0 saturated carbocycles. The highest BCUT2D eigenvalue weighted by Gasteiger charge is 2.38. The van der Waals surface area contributed by atoms with Crippen LogP contribution in [-0.4, -0.2) is 26.3 Å². The molecule has 2 rings (SSSR count). The quantitative estimate of drug-likeness (QED) is 0.298. The van der Waals surface area contributed by atoms with E-state index in [1.807, 2.05) is 0 Å². The Bertz CT molecular complexity index is 778. The molecule has 3 nitrogen and oxygen atoms in total. The first-order valence-corrected chi connectivity index (χ1v) is 7.63. The molecule has 2 aromatic rings. The number of hydrogen-bond donors (Lipinski definition) is 0. The molecule has 0 aliphatic rings. The fourth-order valence-corrected chi connectivity index (χ4v) is 2.27. The van der Waals surface area contributed by atoms with Crippen molar-refractivity contribution in [1.82, 2.24) is 0 Å². The van der Waals surface area contributed by atoms with Crippen LogP contribution in [0, 0.1) is 5.82 Å². The molecule has 26 heavy (non-hydrogen) atoms. The fraction of sp³-hybridized carbons (Fsp3) is 0.158. The summed E-state index contributed by atoms with van der Waals surface area (Å²) < 4.78 is 52.9. The van der Waals surface area contributed by atoms with Gasteiger partial charge in [-0.25, -0.2) is 4.39 Å². The summed E-state index contributed by atoms with van der Waals surface area (Å²) in [7, 11) is 1.71. The van der Waals surface area contributed by atoms with Crippen molar-refractivity contribution in [2.24, 2.45) is 10.1 Å². The number of rotatable bonds is 6. The predicted molar refractivity (Wildman–Crippen MR) is 97.1 cm³/mol. The maximum absolute atomic E-state index is 13.3. The molecule has 0 fully saturated rings. The van der Waals surface area contributed by atoms with Crippen molar-refractivity contribution in [3.63, 3.8) is 0 Å². The maximum Gasteiger partial charge on any atom is 0.399 e. The Morgan fingerprint density at radius 3 is 2.19 bits per heavy atom. The lowest BCUT2D eigenvalue weighted by Crippen LogP contribution is -2.18. The second-order valence-corrected chi connectivity index (χ2v) is 5.46. The number of alkyl halides is 3. The predicted octanol–water partition coefficient (Wildman–Crippen LogP) is 5.27. The van der Waals surface area contributed by atoms with Crippen LogP contribution in [0.3, 0.4) is 0 Å². The number of allylic oxidation sites excluding steroid dienone is 1. The summed E-state index contributed by atoms with van der Waals surface area (Å²) in [6.45, 7) is 3.28. The molecule has 0 heterocycles. The summed E-state index contributed by atoms with van der Waals surface area (Å²) >= 11 is 0. The summed E-state index contributed by atoms with van der Waals surface area (Å²) in [5.41, 5.74) is 1.33. The van der Waals surface area contributed by atoms with Crippen molar-refractivity contribution in [2.45, 2.75) is 12.1 Å². The number of hydrogen-bond acceptors (Lipinski definition) is 2. The molecule has 0 N–H and O–H groups in total. The highest BCUT2D eigenvalue weighted by molar-refractivity contribution is 5.64. The van der Waals surface area contributed by atoms with Crippen LogP contribution < -0.4 is 5.01 Å². The normalized spacial score (nSPS) is 13.3. The third-order valence-corrected chi connectivity index (χ3v) is 3.64. The lowest BCUT2D eigenvalue weighted by molar-refractivity contribution is -0.139. The Balaban J connectivity index is 2.20. The second-order valence-electron chi connectivity index (χ2n) is 5.46. The first-order valence-electron chi connectivity index (χ1n) is 7.63. The monoisotopic (exact) mass is 363 g/mol. The van der Waals surface area contributed by atoms with Crippen molar-refractivity contribution in [3.05, 3.63) is 71.6 Å². The number of halogens is 4. The molecule has 0 spiro atoms. The van der Waals surface area contributed by atoms with Gasteiger partial charge in [-0.3, -0.25) is 10.0 Å². The van der Waals surface area contributed by atoms with Gasteiger partial charge in [0.2, 0.25) is 0 Å². The van der Waals surface area contributed by atoms with E-state index < -0.39 is 17.9 Å². The van der Waals surface area contributed by atoms with Crippen molar-refractivity contribution < 1.29 is 17.6 Å². The third-order valence-electron chi connectivity index (χ3n) is 3.64. The smallest absolute Gasteiger partial charge is 0.267 e. The Kier molecular flexibility index (Phi) is 6.27. The molecule has 7 heteroatoms. The third kappa shape index (κ3) is 5.27. The van der Waals surface area contributed by atoms with Gasteiger partial charge in [0, 0.05) is 7.05 Å². The van der Waals surface area contributed by atoms with Gasteiger partial charge in [0.05, 0.1) is 11.6 Å². The van der Waals surface area contributed by atoms with Crippen LogP contribution in [-0.2, 0) is 0 Å². The summed E-state index contributed by atoms with van der Waals surface area (Å²) in [5, 5.41) is 5.53. The summed E-state index contributed by atoms with van der Waals surface area (Å²) in [6.07, 6.45) is -0.739. The van der Waals surface area contributed by atoms with E-state index in [1.165, 1.54) is 12.4 Å². The molecular weight excluding hydrogens is 346 g/mol. The lowest BCUT2D eigenvalue weighted by atomic mass is 9.97.